The summed E-state index contributed by atoms with van der Waals surface area (Å²) in [4.78, 5) is 12.2. The maximum atomic E-state index is 12.2. The largest absolute Gasteiger partial charge is 0.394 e. The van der Waals surface area contributed by atoms with E-state index in [1.807, 2.05) is 6.08 Å². The maximum Gasteiger partial charge on any atom is 0.220 e. The van der Waals surface area contributed by atoms with E-state index in [-0.39, 0.29) is 12.5 Å². The van der Waals surface area contributed by atoms with E-state index in [0.717, 1.165) is 77.0 Å². The highest BCUT2D eigenvalue weighted by Crippen LogP contribution is 2.08. The molecule has 40 heavy (non-hydrogen) atoms. The Bertz CT molecular complexity index is 732. The molecular weight excluding hydrogens is 494 g/mol. The van der Waals surface area contributed by atoms with Gasteiger partial charge in [0.25, 0.3) is 0 Å². The molecule has 0 heterocycles. The van der Waals surface area contributed by atoms with E-state index < -0.39 is 12.1 Å². The van der Waals surface area contributed by atoms with E-state index >= 15 is 0 Å². The number of allylic oxidation sites excluding steroid dienone is 11. The van der Waals surface area contributed by atoms with Crippen LogP contribution in [0.5, 0.6) is 0 Å². The number of hydrogen-bond acceptors (Lipinski definition) is 3. The number of carbonyl (C=O) groups is 1. The molecule has 0 saturated heterocycles. The standard InChI is InChI=1S/C36H61NO3/c1-3-5-7-9-11-13-15-16-17-18-19-20-22-24-26-28-30-32-36(40)37-34(33-38)35(39)31-29-27-25-23-21-14-12-10-8-6-4-2/h5,7,11,13,16-17,19-21,23,29,31,34-35,38-39H,3-4,6,8-10,12,14-15,18,22,24-28,30,32-33H2,1-2H3,(H,37,40)/b7-5-,13-11-,17-16-,20-19-,23-21+,31-29+. The number of aliphatic hydroxyl groups is 2. The fraction of sp³-hybridized carbons (Fsp3) is 0.639. The zero-order valence-electron chi connectivity index (χ0n) is 25.8. The minimum atomic E-state index is -0.873. The molecule has 0 aliphatic rings. The zero-order valence-corrected chi connectivity index (χ0v) is 25.8. The molecule has 0 aliphatic heterocycles. The van der Waals surface area contributed by atoms with Gasteiger partial charge in [0.05, 0.1) is 18.8 Å². The number of carbonyl (C=O) groups excluding carboxylic acids is 1. The summed E-state index contributed by atoms with van der Waals surface area (Å²) in [6, 6.07) is -0.652. The van der Waals surface area contributed by atoms with Crippen LogP contribution in [0.15, 0.2) is 72.9 Å². The predicted octanol–water partition coefficient (Wildman–Crippen LogP) is 9.22. The average Bonchev–Trinajstić information content (AvgIpc) is 2.96. The minimum Gasteiger partial charge on any atom is -0.394 e. The van der Waals surface area contributed by atoms with E-state index in [4.69, 9.17) is 0 Å². The van der Waals surface area contributed by atoms with Crippen molar-refractivity contribution in [2.45, 2.75) is 142 Å². The molecule has 0 fully saturated rings. The zero-order chi connectivity index (χ0) is 29.4. The van der Waals surface area contributed by atoms with Crippen LogP contribution >= 0.6 is 0 Å². The Morgan fingerprint density at radius 1 is 0.625 bits per heavy atom. The lowest BCUT2D eigenvalue weighted by atomic mass is 10.1. The molecule has 2 atom stereocenters. The van der Waals surface area contributed by atoms with Gasteiger partial charge in [0.2, 0.25) is 5.91 Å². The second-order valence-electron chi connectivity index (χ2n) is 10.5. The van der Waals surface area contributed by atoms with Crippen molar-refractivity contribution in [3.05, 3.63) is 72.9 Å². The Balaban J connectivity index is 3.80. The van der Waals surface area contributed by atoms with Gasteiger partial charge in [-0.2, -0.15) is 0 Å². The van der Waals surface area contributed by atoms with Gasteiger partial charge in [0.15, 0.2) is 0 Å². The highest BCUT2D eigenvalue weighted by atomic mass is 16.3. The molecule has 0 bridgehead atoms. The quantitative estimate of drug-likeness (QED) is 0.0699. The summed E-state index contributed by atoms with van der Waals surface area (Å²) in [6.07, 6.45) is 44.0. The Morgan fingerprint density at radius 3 is 1.73 bits per heavy atom. The molecular formula is C36H61NO3. The van der Waals surface area contributed by atoms with Gasteiger partial charge in [-0.1, -0.05) is 125 Å². The first kappa shape index (κ1) is 37.8. The van der Waals surface area contributed by atoms with Crippen molar-refractivity contribution in [1.29, 1.82) is 0 Å². The number of amides is 1. The molecule has 0 saturated carbocycles. The minimum absolute atomic E-state index is 0.104. The van der Waals surface area contributed by atoms with Crippen LogP contribution in [0.2, 0.25) is 0 Å². The second kappa shape index (κ2) is 31.4. The Kier molecular flexibility index (Phi) is 29.7. The number of rotatable bonds is 27. The lowest BCUT2D eigenvalue weighted by Crippen LogP contribution is -2.45. The summed E-state index contributed by atoms with van der Waals surface area (Å²) < 4.78 is 0. The molecule has 3 N–H and O–H groups in total. The molecule has 2 unspecified atom stereocenters. The second-order valence-corrected chi connectivity index (χ2v) is 10.5. The summed E-state index contributed by atoms with van der Waals surface area (Å²) >= 11 is 0. The summed E-state index contributed by atoms with van der Waals surface area (Å²) in [6.45, 7) is 4.11. The maximum absolute atomic E-state index is 12.2. The van der Waals surface area contributed by atoms with E-state index in [0.29, 0.717) is 6.42 Å². The molecule has 0 spiro atoms. The molecule has 0 aliphatic carbocycles. The van der Waals surface area contributed by atoms with Crippen molar-refractivity contribution < 1.29 is 15.0 Å². The van der Waals surface area contributed by atoms with Crippen LogP contribution in [-0.2, 0) is 4.79 Å². The lowest BCUT2D eigenvalue weighted by molar-refractivity contribution is -0.123. The van der Waals surface area contributed by atoms with Crippen LogP contribution in [0.25, 0.3) is 0 Å². The molecule has 4 nitrogen and oxygen atoms in total. The SMILES string of the molecule is CC/C=C\C/C=C\C/C=C\C/C=C\CCCCCCC(=O)NC(CO)C(O)/C=C/CC/C=C/CCCCCCC. The molecule has 4 heteroatoms. The van der Waals surface area contributed by atoms with E-state index in [1.54, 1.807) is 6.08 Å². The van der Waals surface area contributed by atoms with Gasteiger partial charge in [-0.05, 0) is 70.6 Å². The van der Waals surface area contributed by atoms with Crippen molar-refractivity contribution in [3.63, 3.8) is 0 Å². The summed E-state index contributed by atoms with van der Waals surface area (Å²) in [7, 11) is 0. The molecule has 1 amide bonds. The third kappa shape index (κ3) is 27.4. The monoisotopic (exact) mass is 555 g/mol. The first-order chi connectivity index (χ1) is 19.7. The van der Waals surface area contributed by atoms with Gasteiger partial charge in [-0.3, -0.25) is 4.79 Å². The van der Waals surface area contributed by atoms with Crippen molar-refractivity contribution >= 4 is 5.91 Å². The Labute approximate surface area is 247 Å². The Morgan fingerprint density at radius 2 is 1.12 bits per heavy atom. The predicted molar refractivity (Wildman–Crippen MR) is 174 cm³/mol. The van der Waals surface area contributed by atoms with Gasteiger partial charge < -0.3 is 15.5 Å². The fourth-order valence-electron chi connectivity index (χ4n) is 4.18. The first-order valence-electron chi connectivity index (χ1n) is 16.2. The van der Waals surface area contributed by atoms with Crippen LogP contribution in [0.4, 0.5) is 0 Å². The number of unbranched alkanes of at least 4 members (excludes halogenated alkanes) is 10. The van der Waals surface area contributed by atoms with Crippen LogP contribution in [0, 0.1) is 0 Å². The third-order valence-electron chi connectivity index (χ3n) is 6.67. The molecule has 0 rings (SSSR count). The van der Waals surface area contributed by atoms with Gasteiger partial charge in [-0.15, -0.1) is 0 Å². The summed E-state index contributed by atoms with van der Waals surface area (Å²) in [5.74, 6) is -0.104. The van der Waals surface area contributed by atoms with Crippen LogP contribution in [0.3, 0.4) is 0 Å². The number of hydrogen-bond donors (Lipinski definition) is 3. The Hall–Kier alpha value is -2.17. The lowest BCUT2D eigenvalue weighted by Gasteiger charge is -2.19. The van der Waals surface area contributed by atoms with Crippen molar-refractivity contribution in [2.75, 3.05) is 6.61 Å². The smallest absolute Gasteiger partial charge is 0.220 e. The highest BCUT2D eigenvalue weighted by molar-refractivity contribution is 5.76. The summed E-state index contributed by atoms with van der Waals surface area (Å²) in [5, 5.41) is 22.7. The van der Waals surface area contributed by atoms with E-state index in [2.05, 4.69) is 79.9 Å². The molecule has 0 radical (unpaired) electrons. The molecule has 0 aromatic carbocycles. The van der Waals surface area contributed by atoms with Gasteiger partial charge in [0.1, 0.15) is 0 Å². The molecule has 228 valence electrons. The highest BCUT2D eigenvalue weighted by Gasteiger charge is 2.17. The molecule has 0 aromatic rings. The van der Waals surface area contributed by atoms with Gasteiger partial charge >= 0.3 is 0 Å². The van der Waals surface area contributed by atoms with Crippen molar-refractivity contribution in [2.24, 2.45) is 0 Å². The molecule has 0 aromatic heterocycles. The van der Waals surface area contributed by atoms with Gasteiger partial charge in [0, 0.05) is 6.42 Å². The van der Waals surface area contributed by atoms with E-state index in [1.165, 1.54) is 32.1 Å². The van der Waals surface area contributed by atoms with Gasteiger partial charge in [-0.25, -0.2) is 0 Å². The number of aliphatic hydroxyl groups excluding tert-OH is 2. The van der Waals surface area contributed by atoms with Crippen LogP contribution in [0.1, 0.15) is 129 Å². The number of nitrogens with one attached hydrogen (secondary N) is 1. The normalized spacial score (nSPS) is 14.2. The van der Waals surface area contributed by atoms with Crippen molar-refractivity contribution in [3.8, 4) is 0 Å². The summed E-state index contributed by atoms with van der Waals surface area (Å²) in [5.41, 5.74) is 0. The average molecular weight is 556 g/mol. The van der Waals surface area contributed by atoms with Crippen molar-refractivity contribution in [1.82, 2.24) is 5.32 Å². The first-order valence-corrected chi connectivity index (χ1v) is 16.2. The van der Waals surface area contributed by atoms with E-state index in [9.17, 15) is 15.0 Å². The van der Waals surface area contributed by atoms with Crippen LogP contribution < -0.4 is 5.32 Å². The van der Waals surface area contributed by atoms with Crippen LogP contribution in [-0.4, -0.2) is 34.9 Å². The third-order valence-corrected chi connectivity index (χ3v) is 6.67. The fourth-order valence-corrected chi connectivity index (χ4v) is 4.18. The topological polar surface area (TPSA) is 69.6 Å².